The van der Waals surface area contributed by atoms with E-state index in [1.165, 1.54) is 31.9 Å². The summed E-state index contributed by atoms with van der Waals surface area (Å²) in [6.45, 7) is 4.21. The van der Waals surface area contributed by atoms with E-state index in [9.17, 15) is 14.5 Å². The molecule has 6 atom stereocenters. The normalized spacial score (nSPS) is 32.3. The van der Waals surface area contributed by atoms with E-state index in [2.05, 4.69) is 19.7 Å². The summed E-state index contributed by atoms with van der Waals surface area (Å²) >= 11 is 0. The Hall–Kier alpha value is -2.55. The fourth-order valence-electron chi connectivity index (χ4n) is 3.64. The predicted molar refractivity (Wildman–Crippen MR) is 108 cm³/mol. The number of aromatic nitrogens is 4. The zero-order chi connectivity index (χ0) is 24.0. The van der Waals surface area contributed by atoms with Crippen molar-refractivity contribution < 1.29 is 47.0 Å². The number of carbonyl (C=O) groups excluding carboxylic acids is 1. The Morgan fingerprint density at radius 1 is 1.48 bits per heavy atom. The number of nitrogens with zero attached hydrogens (tertiary/aromatic N) is 4. The molecule has 3 N–H and O–H groups in total. The zero-order valence-corrected chi connectivity index (χ0v) is 19.1. The SMILES string of the molecule is CCOC(=O)OC(C)O[P@]1(=O)OC[C@H]2O[C@@H](n3cnc4c(OC)nc(N)nc43)[C@](C)(O)[C@@H]2O1. The molecule has 16 heteroatoms. The number of anilines is 1. The van der Waals surface area contributed by atoms with Crippen LogP contribution in [0.3, 0.4) is 0 Å². The molecule has 1 unspecified atom stereocenters. The summed E-state index contributed by atoms with van der Waals surface area (Å²) < 4.78 is 51.0. The lowest BCUT2D eigenvalue weighted by molar-refractivity contribution is -0.113. The van der Waals surface area contributed by atoms with Crippen LogP contribution in [0.15, 0.2) is 6.33 Å². The van der Waals surface area contributed by atoms with Crippen LogP contribution in [0.4, 0.5) is 10.7 Å². The molecule has 2 aromatic rings. The molecule has 2 aromatic heterocycles. The summed E-state index contributed by atoms with van der Waals surface area (Å²) in [5.74, 6) is 0.0867. The number of aliphatic hydroxyl groups is 1. The van der Waals surface area contributed by atoms with Gasteiger partial charge in [-0.15, -0.1) is 0 Å². The molecule has 2 fully saturated rings. The number of fused-ring (bicyclic) bond motifs is 2. The molecule has 2 aliphatic heterocycles. The average Bonchev–Trinajstić information content (AvgIpc) is 3.25. The summed E-state index contributed by atoms with van der Waals surface area (Å²) in [4.78, 5) is 23.8. The van der Waals surface area contributed by atoms with Gasteiger partial charge in [0.2, 0.25) is 18.1 Å². The van der Waals surface area contributed by atoms with Crippen molar-refractivity contribution in [3.63, 3.8) is 0 Å². The molecular formula is C17H24N5O10P. The first-order valence-corrected chi connectivity index (χ1v) is 11.4. The highest BCUT2D eigenvalue weighted by atomic mass is 31.2. The van der Waals surface area contributed by atoms with Gasteiger partial charge in [-0.05, 0) is 20.8 Å². The van der Waals surface area contributed by atoms with Crippen LogP contribution in [0.1, 0.15) is 27.0 Å². The first kappa shape index (κ1) is 23.6. The van der Waals surface area contributed by atoms with E-state index in [1.807, 2.05) is 0 Å². The van der Waals surface area contributed by atoms with E-state index < -0.39 is 44.3 Å². The van der Waals surface area contributed by atoms with Gasteiger partial charge in [0.1, 0.15) is 17.8 Å². The lowest BCUT2D eigenvalue weighted by atomic mass is 9.96. The Morgan fingerprint density at radius 3 is 2.94 bits per heavy atom. The number of methoxy groups -OCH3 is 1. The third-order valence-electron chi connectivity index (χ3n) is 5.01. The van der Waals surface area contributed by atoms with Gasteiger partial charge in [0, 0.05) is 0 Å². The van der Waals surface area contributed by atoms with Gasteiger partial charge in [0.05, 0.1) is 26.7 Å². The molecule has 15 nitrogen and oxygen atoms in total. The van der Waals surface area contributed by atoms with Crippen molar-refractivity contribution in [3.05, 3.63) is 6.33 Å². The summed E-state index contributed by atoms with van der Waals surface area (Å²) in [6.07, 6.45) is -3.94. The lowest BCUT2D eigenvalue weighted by Gasteiger charge is -2.35. The molecule has 33 heavy (non-hydrogen) atoms. The topological polar surface area (TPSA) is 189 Å². The molecule has 2 saturated heterocycles. The highest BCUT2D eigenvalue weighted by Gasteiger charge is 2.60. The van der Waals surface area contributed by atoms with Crippen LogP contribution >= 0.6 is 7.82 Å². The lowest BCUT2D eigenvalue weighted by Crippen LogP contribution is -2.47. The van der Waals surface area contributed by atoms with Crippen LogP contribution in [0.25, 0.3) is 11.2 Å². The monoisotopic (exact) mass is 489 g/mol. The number of hydrogen-bond acceptors (Lipinski definition) is 14. The largest absolute Gasteiger partial charge is 0.510 e. The summed E-state index contributed by atoms with van der Waals surface area (Å²) in [5, 5.41) is 11.3. The first-order valence-electron chi connectivity index (χ1n) is 9.94. The van der Waals surface area contributed by atoms with Crippen LogP contribution < -0.4 is 10.5 Å². The van der Waals surface area contributed by atoms with Gasteiger partial charge in [0.15, 0.2) is 17.4 Å². The quantitative estimate of drug-likeness (QED) is 0.333. The second kappa shape index (κ2) is 8.66. The molecule has 0 spiro atoms. The highest BCUT2D eigenvalue weighted by molar-refractivity contribution is 7.48. The van der Waals surface area contributed by atoms with Crippen LogP contribution in [0.2, 0.25) is 0 Å². The minimum atomic E-state index is -4.23. The van der Waals surface area contributed by atoms with Crippen molar-refractivity contribution in [2.24, 2.45) is 0 Å². The van der Waals surface area contributed by atoms with Crippen LogP contribution in [-0.4, -0.2) is 75.2 Å². The minimum Gasteiger partial charge on any atom is -0.479 e. The number of nitrogen functional groups attached to an aromatic ring is 1. The molecule has 0 saturated carbocycles. The third kappa shape index (κ3) is 4.35. The van der Waals surface area contributed by atoms with Crippen molar-refractivity contribution >= 4 is 31.1 Å². The van der Waals surface area contributed by atoms with E-state index in [4.69, 9.17) is 33.5 Å². The van der Waals surface area contributed by atoms with Crippen molar-refractivity contribution in [3.8, 4) is 5.88 Å². The molecule has 0 radical (unpaired) electrons. The Labute approximate surface area is 187 Å². The van der Waals surface area contributed by atoms with E-state index in [0.29, 0.717) is 5.52 Å². The Bertz CT molecular complexity index is 1090. The van der Waals surface area contributed by atoms with Gasteiger partial charge in [-0.2, -0.15) is 9.97 Å². The first-order chi connectivity index (χ1) is 15.6. The third-order valence-corrected chi connectivity index (χ3v) is 6.52. The van der Waals surface area contributed by atoms with E-state index in [-0.39, 0.29) is 30.7 Å². The van der Waals surface area contributed by atoms with Gasteiger partial charge in [-0.3, -0.25) is 13.6 Å². The van der Waals surface area contributed by atoms with Gasteiger partial charge < -0.3 is 29.8 Å². The van der Waals surface area contributed by atoms with Gasteiger partial charge in [-0.1, -0.05) is 0 Å². The van der Waals surface area contributed by atoms with E-state index >= 15 is 0 Å². The predicted octanol–water partition coefficient (Wildman–Crippen LogP) is 1.12. The average molecular weight is 489 g/mol. The Kier molecular flexibility index (Phi) is 6.20. The van der Waals surface area contributed by atoms with Crippen molar-refractivity contribution in [2.75, 3.05) is 26.1 Å². The molecule has 182 valence electrons. The fourth-order valence-corrected chi connectivity index (χ4v) is 5.18. The maximum absolute atomic E-state index is 13.0. The van der Waals surface area contributed by atoms with Crippen LogP contribution in [0.5, 0.6) is 5.88 Å². The fraction of sp³-hybridized carbons (Fsp3) is 0.647. The van der Waals surface area contributed by atoms with Gasteiger partial charge >= 0.3 is 14.0 Å². The summed E-state index contributed by atoms with van der Waals surface area (Å²) in [7, 11) is -2.82. The zero-order valence-electron chi connectivity index (χ0n) is 18.2. The molecule has 0 aliphatic carbocycles. The molecule has 0 bridgehead atoms. The van der Waals surface area contributed by atoms with Gasteiger partial charge in [-0.25, -0.2) is 18.9 Å². The second-order valence-corrected chi connectivity index (χ2v) is 8.99. The van der Waals surface area contributed by atoms with Gasteiger partial charge in [0.25, 0.3) is 0 Å². The minimum absolute atomic E-state index is 0.0655. The molecule has 0 aromatic carbocycles. The number of rotatable bonds is 6. The number of ether oxygens (including phenoxy) is 4. The van der Waals surface area contributed by atoms with E-state index in [1.54, 1.807) is 6.92 Å². The highest BCUT2D eigenvalue weighted by Crippen LogP contribution is 2.59. The molecule has 4 heterocycles. The summed E-state index contributed by atoms with van der Waals surface area (Å²) in [6, 6.07) is 0. The number of imidazole rings is 1. The Morgan fingerprint density at radius 2 is 2.24 bits per heavy atom. The van der Waals surface area contributed by atoms with Crippen molar-refractivity contribution in [1.29, 1.82) is 0 Å². The van der Waals surface area contributed by atoms with Crippen molar-refractivity contribution in [1.82, 2.24) is 19.5 Å². The standard InChI is InChI=1S/C17H24N5O10P/c1-5-27-16(23)29-8(2)31-33(25)28-6-9-11(32-33)17(3,24)14(30-9)22-7-19-10-12(22)20-15(18)21-13(10)26-4/h7-9,11,14,24H,5-6H2,1-4H3,(H2,18,20,21)/t8?,9-,11-,14-,17-,33+/m1/s1. The number of nitrogens with two attached hydrogens (primary N) is 1. The summed E-state index contributed by atoms with van der Waals surface area (Å²) in [5.41, 5.74) is 4.57. The molecule has 4 rings (SSSR count). The maximum atomic E-state index is 13.0. The van der Waals surface area contributed by atoms with Crippen LogP contribution in [0, 0.1) is 0 Å². The Balaban J connectivity index is 1.56. The molecule has 2 aliphatic rings. The number of phosphoric acid groups is 1. The molecule has 0 amide bonds. The number of phosphoric ester groups is 1. The molecular weight excluding hydrogens is 465 g/mol. The maximum Gasteiger partial charge on any atom is 0.510 e. The second-order valence-electron chi connectivity index (χ2n) is 7.41. The number of hydrogen-bond donors (Lipinski definition) is 2. The number of carbonyl (C=O) groups is 1. The van der Waals surface area contributed by atoms with Crippen molar-refractivity contribution in [2.45, 2.75) is 51.1 Å². The van der Waals surface area contributed by atoms with Crippen LogP contribution in [-0.2, 0) is 32.3 Å². The van der Waals surface area contributed by atoms with E-state index in [0.717, 1.165) is 0 Å². The smallest absolute Gasteiger partial charge is 0.479 e.